The lowest BCUT2D eigenvalue weighted by atomic mass is 10.1. The Bertz CT molecular complexity index is 789. The van der Waals surface area contributed by atoms with Crippen molar-refractivity contribution in [2.24, 2.45) is 0 Å². The van der Waals surface area contributed by atoms with Gasteiger partial charge in [0.2, 0.25) is 0 Å². The van der Waals surface area contributed by atoms with Crippen LogP contribution in [0.1, 0.15) is 22.3 Å². The molecule has 0 radical (unpaired) electrons. The molecule has 0 aromatic heterocycles. The van der Waals surface area contributed by atoms with Gasteiger partial charge in [0, 0.05) is 15.7 Å². The topological polar surface area (TPSA) is 63.2 Å². The Morgan fingerprint density at radius 1 is 1.13 bits per heavy atom. The monoisotopic (exact) mass is 443 g/mol. The average Bonchev–Trinajstić information content (AvgIpc) is 2.55. The molecule has 1 N–H and O–H groups in total. The van der Waals surface area contributed by atoms with Gasteiger partial charge in [-0.1, -0.05) is 24.3 Å². The summed E-state index contributed by atoms with van der Waals surface area (Å²) >= 11 is 2.19. The Labute approximate surface area is 150 Å². The van der Waals surface area contributed by atoms with Crippen LogP contribution in [0.15, 0.2) is 53.4 Å². The van der Waals surface area contributed by atoms with Gasteiger partial charge in [0.15, 0.2) is 9.84 Å². The zero-order valence-corrected chi connectivity index (χ0v) is 15.7. The Morgan fingerprint density at radius 3 is 2.48 bits per heavy atom. The predicted molar refractivity (Wildman–Crippen MR) is 99.3 cm³/mol. The molecular formula is C17H18INO3S. The zero-order valence-electron chi connectivity index (χ0n) is 12.8. The van der Waals surface area contributed by atoms with Crippen molar-refractivity contribution < 1.29 is 13.2 Å². The van der Waals surface area contributed by atoms with Gasteiger partial charge in [-0.05, 0) is 65.8 Å². The summed E-state index contributed by atoms with van der Waals surface area (Å²) in [5, 5.41) is 2.76. The molecule has 0 bridgehead atoms. The van der Waals surface area contributed by atoms with Crippen molar-refractivity contribution in [3.63, 3.8) is 0 Å². The first-order chi connectivity index (χ1) is 10.9. The number of halogens is 1. The normalized spacial score (nSPS) is 11.2. The van der Waals surface area contributed by atoms with Gasteiger partial charge in [-0.25, -0.2) is 8.42 Å². The number of hydrogen-bond donors (Lipinski definition) is 1. The summed E-state index contributed by atoms with van der Waals surface area (Å²) in [5.74, 6) is -0.164. The van der Waals surface area contributed by atoms with Crippen molar-refractivity contribution in [2.75, 3.05) is 12.3 Å². The van der Waals surface area contributed by atoms with E-state index in [0.717, 1.165) is 9.13 Å². The average molecular weight is 443 g/mol. The fourth-order valence-corrected chi connectivity index (χ4v) is 3.89. The molecule has 0 aliphatic rings. The summed E-state index contributed by atoms with van der Waals surface area (Å²) in [6, 6.07) is 13.9. The molecule has 0 spiro atoms. The highest BCUT2D eigenvalue weighted by atomic mass is 127. The molecule has 23 heavy (non-hydrogen) atoms. The molecule has 0 aliphatic heterocycles. The van der Waals surface area contributed by atoms with E-state index in [1.807, 2.05) is 19.1 Å². The van der Waals surface area contributed by atoms with Crippen LogP contribution in [0.5, 0.6) is 0 Å². The maximum atomic E-state index is 12.1. The molecule has 2 aromatic rings. The van der Waals surface area contributed by atoms with Crippen LogP contribution < -0.4 is 5.32 Å². The van der Waals surface area contributed by atoms with E-state index in [-0.39, 0.29) is 11.7 Å². The minimum Gasteiger partial charge on any atom is -0.352 e. The highest BCUT2D eigenvalue weighted by molar-refractivity contribution is 14.1. The maximum absolute atomic E-state index is 12.1. The van der Waals surface area contributed by atoms with E-state index in [0.29, 0.717) is 23.4 Å². The fraction of sp³-hybridized carbons (Fsp3) is 0.235. The number of hydrogen-bond acceptors (Lipinski definition) is 3. The molecule has 2 aromatic carbocycles. The molecule has 0 heterocycles. The van der Waals surface area contributed by atoms with Crippen LogP contribution in [0, 0.1) is 10.5 Å². The standard InChI is InChI=1S/C17H18INO3S/c1-13-8-9-14(12-16(13)18)17(20)19-10-5-11-23(21,22)15-6-3-2-4-7-15/h2-4,6-9,12H,5,10-11H2,1H3,(H,19,20). The molecule has 1 amide bonds. The number of aryl methyl sites for hydroxylation is 1. The van der Waals surface area contributed by atoms with Crippen molar-refractivity contribution in [2.45, 2.75) is 18.2 Å². The van der Waals surface area contributed by atoms with Gasteiger partial charge in [0.05, 0.1) is 10.6 Å². The van der Waals surface area contributed by atoms with Gasteiger partial charge in [0.1, 0.15) is 0 Å². The van der Waals surface area contributed by atoms with Crippen molar-refractivity contribution in [3.8, 4) is 0 Å². The number of benzene rings is 2. The predicted octanol–water partition coefficient (Wildman–Crippen LogP) is 3.19. The molecule has 0 aliphatic carbocycles. The summed E-state index contributed by atoms with van der Waals surface area (Å²) in [7, 11) is -3.29. The molecule has 0 saturated carbocycles. The van der Waals surface area contributed by atoms with Gasteiger partial charge >= 0.3 is 0 Å². The van der Waals surface area contributed by atoms with Gasteiger partial charge in [0.25, 0.3) is 5.91 Å². The highest BCUT2D eigenvalue weighted by Crippen LogP contribution is 2.14. The second-order valence-electron chi connectivity index (χ2n) is 5.21. The van der Waals surface area contributed by atoms with E-state index >= 15 is 0 Å². The van der Waals surface area contributed by atoms with Gasteiger partial charge < -0.3 is 5.32 Å². The van der Waals surface area contributed by atoms with Crippen molar-refractivity contribution in [1.82, 2.24) is 5.32 Å². The molecule has 4 nitrogen and oxygen atoms in total. The number of carbonyl (C=O) groups is 1. The van der Waals surface area contributed by atoms with E-state index in [9.17, 15) is 13.2 Å². The summed E-state index contributed by atoms with van der Waals surface area (Å²) in [4.78, 5) is 12.4. The lowest BCUT2D eigenvalue weighted by Gasteiger charge is -2.07. The zero-order chi connectivity index (χ0) is 16.9. The largest absolute Gasteiger partial charge is 0.352 e. The summed E-state index contributed by atoms with van der Waals surface area (Å²) in [5.41, 5.74) is 1.71. The van der Waals surface area contributed by atoms with Crippen molar-refractivity contribution >= 4 is 38.3 Å². The van der Waals surface area contributed by atoms with Gasteiger partial charge in [-0.2, -0.15) is 0 Å². The van der Waals surface area contributed by atoms with Gasteiger partial charge in [-0.15, -0.1) is 0 Å². The molecule has 2 rings (SSSR count). The Morgan fingerprint density at radius 2 is 1.83 bits per heavy atom. The number of nitrogens with one attached hydrogen (secondary N) is 1. The van der Waals surface area contributed by atoms with Crippen LogP contribution in [-0.2, 0) is 9.84 Å². The summed E-state index contributed by atoms with van der Waals surface area (Å²) < 4.78 is 25.3. The van der Waals surface area contributed by atoms with Crippen molar-refractivity contribution in [1.29, 1.82) is 0 Å². The third-order valence-electron chi connectivity index (χ3n) is 3.41. The SMILES string of the molecule is Cc1ccc(C(=O)NCCCS(=O)(=O)c2ccccc2)cc1I. The van der Waals surface area contributed by atoms with Gasteiger partial charge in [-0.3, -0.25) is 4.79 Å². The Kier molecular flexibility index (Phi) is 6.17. The molecular weight excluding hydrogens is 425 g/mol. The van der Waals surface area contributed by atoms with Crippen LogP contribution in [0.3, 0.4) is 0 Å². The minimum absolute atomic E-state index is 0.0166. The maximum Gasteiger partial charge on any atom is 0.251 e. The van der Waals surface area contributed by atoms with E-state index in [2.05, 4.69) is 27.9 Å². The Balaban J connectivity index is 1.85. The summed E-state index contributed by atoms with van der Waals surface area (Å²) in [6.07, 6.45) is 0.381. The van der Waals surface area contributed by atoms with Crippen LogP contribution in [0.2, 0.25) is 0 Å². The van der Waals surface area contributed by atoms with E-state index in [4.69, 9.17) is 0 Å². The molecule has 122 valence electrons. The number of sulfone groups is 1. The highest BCUT2D eigenvalue weighted by Gasteiger charge is 2.13. The number of carbonyl (C=O) groups excluding carboxylic acids is 1. The van der Waals surface area contributed by atoms with Crippen LogP contribution >= 0.6 is 22.6 Å². The van der Waals surface area contributed by atoms with Crippen LogP contribution in [0.25, 0.3) is 0 Å². The van der Waals surface area contributed by atoms with Crippen LogP contribution in [-0.4, -0.2) is 26.6 Å². The molecule has 0 saturated heterocycles. The number of rotatable bonds is 6. The second-order valence-corrected chi connectivity index (χ2v) is 8.48. The first kappa shape index (κ1) is 17.9. The van der Waals surface area contributed by atoms with Crippen LogP contribution in [0.4, 0.5) is 0 Å². The number of amides is 1. The third-order valence-corrected chi connectivity index (χ3v) is 6.39. The molecule has 0 unspecified atom stereocenters. The first-order valence-electron chi connectivity index (χ1n) is 7.22. The lowest BCUT2D eigenvalue weighted by Crippen LogP contribution is -2.26. The molecule has 0 atom stereocenters. The second kappa shape index (κ2) is 7.92. The first-order valence-corrected chi connectivity index (χ1v) is 9.95. The smallest absolute Gasteiger partial charge is 0.251 e. The van der Waals surface area contributed by atoms with E-state index in [1.165, 1.54) is 0 Å². The molecule has 6 heteroatoms. The lowest BCUT2D eigenvalue weighted by molar-refractivity contribution is 0.0953. The quantitative estimate of drug-likeness (QED) is 0.551. The minimum atomic E-state index is -3.29. The fourth-order valence-electron chi connectivity index (χ4n) is 2.05. The molecule has 0 fully saturated rings. The third kappa shape index (κ3) is 5.04. The van der Waals surface area contributed by atoms with E-state index < -0.39 is 9.84 Å². The Hall–Kier alpha value is -1.41. The van der Waals surface area contributed by atoms with Crippen molar-refractivity contribution in [3.05, 3.63) is 63.2 Å². The summed E-state index contributed by atoms with van der Waals surface area (Å²) in [6.45, 7) is 2.31. The van der Waals surface area contributed by atoms with E-state index in [1.54, 1.807) is 36.4 Å².